The van der Waals surface area contributed by atoms with Gasteiger partial charge in [-0.25, -0.2) is 8.42 Å². The number of carbonyl (C=O) groups is 1. The molecule has 0 saturated carbocycles. The van der Waals surface area contributed by atoms with E-state index in [1.807, 2.05) is 19.9 Å². The Labute approximate surface area is 171 Å². The van der Waals surface area contributed by atoms with E-state index >= 15 is 0 Å². The molecule has 2 aromatic rings. The largest absolute Gasteiger partial charge is 0.484 e. The van der Waals surface area contributed by atoms with Crippen LogP contribution in [0.1, 0.15) is 24.0 Å². The molecule has 0 bridgehead atoms. The summed E-state index contributed by atoms with van der Waals surface area (Å²) in [5.74, 6) is 0.177. The molecule has 0 aromatic heterocycles. The number of hydrogen-bond acceptors (Lipinski definition) is 5. The van der Waals surface area contributed by atoms with E-state index in [4.69, 9.17) is 9.47 Å². The van der Waals surface area contributed by atoms with Crippen molar-refractivity contribution in [3.63, 3.8) is 0 Å². The highest BCUT2D eigenvalue weighted by Crippen LogP contribution is 2.21. The molecule has 0 radical (unpaired) electrons. The van der Waals surface area contributed by atoms with E-state index in [-0.39, 0.29) is 23.5 Å². The first-order valence-corrected chi connectivity index (χ1v) is 11.0. The van der Waals surface area contributed by atoms with Crippen LogP contribution in [-0.4, -0.2) is 40.2 Å². The Bertz CT molecular complexity index is 952. The summed E-state index contributed by atoms with van der Waals surface area (Å²) in [7, 11) is -3.71. The van der Waals surface area contributed by atoms with Crippen LogP contribution in [-0.2, 0) is 19.6 Å². The third-order valence-corrected chi connectivity index (χ3v) is 6.21. The van der Waals surface area contributed by atoms with Gasteiger partial charge in [-0.15, -0.1) is 0 Å². The van der Waals surface area contributed by atoms with Gasteiger partial charge >= 0.3 is 0 Å². The molecule has 1 saturated heterocycles. The summed E-state index contributed by atoms with van der Waals surface area (Å²) < 4.78 is 38.6. The topological polar surface area (TPSA) is 93.7 Å². The van der Waals surface area contributed by atoms with Gasteiger partial charge in [0, 0.05) is 18.8 Å². The van der Waals surface area contributed by atoms with E-state index < -0.39 is 10.0 Å². The Hall–Kier alpha value is -2.58. The molecule has 3 rings (SSSR count). The fraction of sp³-hybridized carbons (Fsp3) is 0.381. The van der Waals surface area contributed by atoms with Crippen LogP contribution in [0.15, 0.2) is 47.4 Å². The summed E-state index contributed by atoms with van der Waals surface area (Å²) >= 11 is 0. The van der Waals surface area contributed by atoms with Crippen molar-refractivity contribution in [2.24, 2.45) is 0 Å². The average molecular weight is 419 g/mol. The lowest BCUT2D eigenvalue weighted by atomic mass is 10.1. The zero-order chi connectivity index (χ0) is 20.9. The second-order valence-electron chi connectivity index (χ2n) is 7.10. The van der Waals surface area contributed by atoms with Crippen LogP contribution in [0.2, 0.25) is 0 Å². The number of rotatable bonds is 8. The van der Waals surface area contributed by atoms with Crippen molar-refractivity contribution in [2.75, 3.05) is 24.5 Å². The number of anilines is 1. The van der Waals surface area contributed by atoms with Crippen molar-refractivity contribution in [2.45, 2.75) is 37.7 Å². The van der Waals surface area contributed by atoms with Crippen LogP contribution in [0.3, 0.4) is 0 Å². The molecule has 1 amide bonds. The highest BCUT2D eigenvalue weighted by Gasteiger charge is 2.17. The maximum Gasteiger partial charge on any atom is 0.261 e. The molecule has 8 heteroatoms. The molecule has 29 heavy (non-hydrogen) atoms. The Balaban J connectivity index is 1.53. The van der Waals surface area contributed by atoms with Gasteiger partial charge in [0.25, 0.3) is 15.9 Å². The van der Waals surface area contributed by atoms with E-state index in [0.717, 1.165) is 30.6 Å². The van der Waals surface area contributed by atoms with Gasteiger partial charge in [-0.3, -0.25) is 9.52 Å². The first-order valence-electron chi connectivity index (χ1n) is 9.55. The highest BCUT2D eigenvalue weighted by molar-refractivity contribution is 7.92. The second kappa shape index (κ2) is 9.28. The monoisotopic (exact) mass is 418 g/mol. The molecule has 1 heterocycles. The standard InChI is InChI=1S/C21H26N2O5S/c1-15-5-6-17(12-16(15)2)23-29(25,26)20-9-7-18(8-10-20)28-14-21(24)22-13-19-4-3-11-27-19/h5-10,12,19,23H,3-4,11,13-14H2,1-2H3,(H,22,24)/t19-/m1/s1. The zero-order valence-electron chi connectivity index (χ0n) is 16.6. The number of aryl methyl sites for hydroxylation is 2. The number of nitrogens with one attached hydrogen (secondary N) is 2. The van der Waals surface area contributed by atoms with Gasteiger partial charge < -0.3 is 14.8 Å². The molecule has 1 aliphatic rings. The molecular weight excluding hydrogens is 392 g/mol. The summed E-state index contributed by atoms with van der Waals surface area (Å²) in [6.07, 6.45) is 2.05. The van der Waals surface area contributed by atoms with Gasteiger partial charge in [-0.05, 0) is 74.2 Å². The van der Waals surface area contributed by atoms with Crippen molar-refractivity contribution < 1.29 is 22.7 Å². The summed E-state index contributed by atoms with van der Waals surface area (Å²) in [4.78, 5) is 12.0. The molecule has 7 nitrogen and oxygen atoms in total. The predicted molar refractivity (Wildman–Crippen MR) is 111 cm³/mol. The molecule has 0 spiro atoms. The van der Waals surface area contributed by atoms with E-state index in [1.165, 1.54) is 24.3 Å². The van der Waals surface area contributed by atoms with Crippen LogP contribution >= 0.6 is 0 Å². The summed E-state index contributed by atoms with van der Waals surface area (Å²) in [5.41, 5.74) is 2.61. The maximum absolute atomic E-state index is 12.6. The van der Waals surface area contributed by atoms with Crippen LogP contribution in [0, 0.1) is 13.8 Å². The molecule has 2 N–H and O–H groups in total. The third-order valence-electron chi connectivity index (χ3n) is 4.81. The number of sulfonamides is 1. The zero-order valence-corrected chi connectivity index (χ0v) is 17.4. The van der Waals surface area contributed by atoms with Crippen molar-refractivity contribution >= 4 is 21.6 Å². The molecule has 0 aliphatic carbocycles. The lowest BCUT2D eigenvalue weighted by Gasteiger charge is -2.12. The van der Waals surface area contributed by atoms with Gasteiger partial charge in [-0.1, -0.05) is 6.07 Å². The quantitative estimate of drug-likeness (QED) is 0.688. The van der Waals surface area contributed by atoms with Gasteiger partial charge in [0.05, 0.1) is 11.0 Å². The minimum absolute atomic E-state index is 0.0771. The summed E-state index contributed by atoms with van der Waals surface area (Å²) in [5, 5.41) is 2.77. The number of benzene rings is 2. The Morgan fingerprint density at radius 2 is 1.90 bits per heavy atom. The SMILES string of the molecule is Cc1ccc(NS(=O)(=O)c2ccc(OCC(=O)NC[C@H]3CCCO3)cc2)cc1C. The third kappa shape index (κ3) is 5.95. The van der Waals surface area contributed by atoms with E-state index in [9.17, 15) is 13.2 Å². The first-order chi connectivity index (χ1) is 13.8. The smallest absolute Gasteiger partial charge is 0.261 e. The van der Waals surface area contributed by atoms with Gasteiger partial charge in [0.2, 0.25) is 0 Å². The van der Waals surface area contributed by atoms with Crippen molar-refractivity contribution in [1.82, 2.24) is 5.32 Å². The summed E-state index contributed by atoms with van der Waals surface area (Å²) in [6, 6.07) is 11.3. The molecule has 1 aliphatic heterocycles. The lowest BCUT2D eigenvalue weighted by molar-refractivity contribution is -0.123. The van der Waals surface area contributed by atoms with Gasteiger partial charge in [0.15, 0.2) is 6.61 Å². The highest BCUT2D eigenvalue weighted by atomic mass is 32.2. The first kappa shape index (κ1) is 21.1. The maximum atomic E-state index is 12.6. The molecule has 0 unspecified atom stereocenters. The fourth-order valence-corrected chi connectivity index (χ4v) is 4.02. The van der Waals surface area contributed by atoms with Crippen LogP contribution in [0.4, 0.5) is 5.69 Å². The molecular formula is C21H26N2O5S. The molecule has 156 valence electrons. The van der Waals surface area contributed by atoms with Crippen LogP contribution in [0.25, 0.3) is 0 Å². The Morgan fingerprint density at radius 1 is 1.14 bits per heavy atom. The van der Waals surface area contributed by atoms with Crippen LogP contribution in [0.5, 0.6) is 5.75 Å². The minimum atomic E-state index is -3.71. The number of ether oxygens (including phenoxy) is 2. The normalized spacial score (nSPS) is 16.4. The molecule has 2 aromatic carbocycles. The Kier molecular flexibility index (Phi) is 6.76. The molecule has 1 fully saturated rings. The number of amides is 1. The fourth-order valence-electron chi connectivity index (χ4n) is 2.97. The van der Waals surface area contributed by atoms with Gasteiger partial charge in [0.1, 0.15) is 5.75 Å². The Morgan fingerprint density at radius 3 is 2.55 bits per heavy atom. The number of hydrogen-bond donors (Lipinski definition) is 2. The van der Waals surface area contributed by atoms with Crippen molar-refractivity contribution in [1.29, 1.82) is 0 Å². The average Bonchev–Trinajstić information content (AvgIpc) is 3.21. The van der Waals surface area contributed by atoms with Gasteiger partial charge in [-0.2, -0.15) is 0 Å². The van der Waals surface area contributed by atoms with E-state index in [0.29, 0.717) is 18.0 Å². The van der Waals surface area contributed by atoms with Crippen LogP contribution < -0.4 is 14.8 Å². The summed E-state index contributed by atoms with van der Waals surface area (Å²) in [6.45, 7) is 4.97. The number of carbonyl (C=O) groups excluding carboxylic acids is 1. The predicted octanol–water partition coefficient (Wildman–Crippen LogP) is 2.78. The van der Waals surface area contributed by atoms with E-state index in [1.54, 1.807) is 12.1 Å². The molecule has 1 atom stereocenters. The lowest BCUT2D eigenvalue weighted by Crippen LogP contribution is -2.35. The second-order valence-corrected chi connectivity index (χ2v) is 8.79. The van der Waals surface area contributed by atoms with E-state index in [2.05, 4.69) is 10.0 Å². The minimum Gasteiger partial charge on any atom is -0.484 e. The van der Waals surface area contributed by atoms with Crippen molar-refractivity contribution in [3.8, 4) is 5.75 Å². The van der Waals surface area contributed by atoms with Crippen molar-refractivity contribution in [3.05, 3.63) is 53.6 Å².